The van der Waals surface area contributed by atoms with Gasteiger partial charge < -0.3 is 15.5 Å². The number of carbonyl (C=O) groups is 1. The average Bonchev–Trinajstić information content (AvgIpc) is 2.73. The molecule has 0 fully saturated rings. The Morgan fingerprint density at radius 3 is 2.25 bits per heavy atom. The van der Waals surface area contributed by atoms with Gasteiger partial charge >= 0.3 is 5.97 Å². The first-order valence-corrected chi connectivity index (χ1v) is 9.27. The molecular weight excluding hydrogens is 352 g/mol. The molecule has 0 saturated heterocycles. The molecule has 0 amide bonds. The molecule has 5 nitrogen and oxygen atoms in total. The zero-order valence-corrected chi connectivity index (χ0v) is 15.7. The van der Waals surface area contributed by atoms with Crippen LogP contribution in [0.3, 0.4) is 0 Å². The molecular formula is C23H24N2O3. The van der Waals surface area contributed by atoms with Crippen molar-refractivity contribution in [3.8, 4) is 11.1 Å². The van der Waals surface area contributed by atoms with Crippen molar-refractivity contribution in [2.45, 2.75) is 25.5 Å². The largest absolute Gasteiger partial charge is 0.478 e. The maximum Gasteiger partial charge on any atom is 0.335 e. The van der Waals surface area contributed by atoms with Crippen molar-refractivity contribution in [3.63, 3.8) is 0 Å². The van der Waals surface area contributed by atoms with Crippen LogP contribution in [0.5, 0.6) is 0 Å². The van der Waals surface area contributed by atoms with Crippen molar-refractivity contribution in [1.29, 1.82) is 0 Å². The molecule has 0 radical (unpaired) electrons. The van der Waals surface area contributed by atoms with Crippen LogP contribution in [0.2, 0.25) is 0 Å². The smallest absolute Gasteiger partial charge is 0.335 e. The van der Waals surface area contributed by atoms with E-state index < -0.39 is 12.1 Å². The average molecular weight is 376 g/mol. The van der Waals surface area contributed by atoms with Crippen molar-refractivity contribution in [1.82, 2.24) is 10.3 Å². The molecule has 144 valence electrons. The second-order valence-corrected chi connectivity index (χ2v) is 6.90. The van der Waals surface area contributed by atoms with Crippen molar-refractivity contribution in [2.75, 3.05) is 6.54 Å². The predicted octanol–water partition coefficient (Wildman–Crippen LogP) is 3.70. The summed E-state index contributed by atoms with van der Waals surface area (Å²) in [6.07, 6.45) is 3.64. The molecule has 2 atom stereocenters. The van der Waals surface area contributed by atoms with Gasteiger partial charge in [0.05, 0.1) is 11.7 Å². The third-order valence-corrected chi connectivity index (χ3v) is 4.69. The lowest BCUT2D eigenvalue weighted by molar-refractivity contribution is 0.0697. The molecule has 3 rings (SSSR count). The maximum atomic E-state index is 10.9. The van der Waals surface area contributed by atoms with Gasteiger partial charge in [-0.2, -0.15) is 0 Å². The van der Waals surface area contributed by atoms with Gasteiger partial charge in [-0.3, -0.25) is 4.98 Å². The van der Waals surface area contributed by atoms with Crippen molar-refractivity contribution in [2.24, 2.45) is 0 Å². The van der Waals surface area contributed by atoms with Gasteiger partial charge in [-0.15, -0.1) is 0 Å². The first-order chi connectivity index (χ1) is 13.5. The molecule has 0 aliphatic rings. The van der Waals surface area contributed by atoms with E-state index in [4.69, 9.17) is 5.11 Å². The minimum absolute atomic E-state index is 0.215. The van der Waals surface area contributed by atoms with Gasteiger partial charge in [-0.05, 0) is 48.2 Å². The number of nitrogens with zero attached hydrogens (tertiary/aromatic N) is 1. The summed E-state index contributed by atoms with van der Waals surface area (Å²) in [4.78, 5) is 15.0. The van der Waals surface area contributed by atoms with Crippen molar-refractivity contribution in [3.05, 3.63) is 89.7 Å². The fourth-order valence-electron chi connectivity index (χ4n) is 3.07. The molecule has 1 aromatic heterocycles. The zero-order chi connectivity index (χ0) is 19.9. The Bertz CT molecular complexity index is 893. The zero-order valence-electron chi connectivity index (χ0n) is 15.7. The van der Waals surface area contributed by atoms with Crippen molar-refractivity contribution >= 4 is 5.97 Å². The topological polar surface area (TPSA) is 82.5 Å². The second kappa shape index (κ2) is 9.26. The monoisotopic (exact) mass is 376 g/mol. The molecule has 0 unspecified atom stereocenters. The van der Waals surface area contributed by atoms with Crippen LogP contribution < -0.4 is 5.32 Å². The van der Waals surface area contributed by atoms with E-state index in [1.807, 2.05) is 36.4 Å². The van der Waals surface area contributed by atoms with E-state index in [1.54, 1.807) is 24.5 Å². The third-order valence-electron chi connectivity index (χ3n) is 4.69. The highest BCUT2D eigenvalue weighted by molar-refractivity contribution is 5.88. The van der Waals surface area contributed by atoms with Gasteiger partial charge in [-0.1, -0.05) is 42.5 Å². The van der Waals surface area contributed by atoms with Crippen LogP contribution in [-0.2, 0) is 6.42 Å². The number of benzene rings is 2. The fourth-order valence-corrected chi connectivity index (χ4v) is 3.07. The number of carboxylic acids is 1. The Balaban J connectivity index is 1.54. The van der Waals surface area contributed by atoms with E-state index in [-0.39, 0.29) is 11.6 Å². The summed E-state index contributed by atoms with van der Waals surface area (Å²) >= 11 is 0. The molecule has 0 saturated carbocycles. The molecule has 5 heteroatoms. The minimum Gasteiger partial charge on any atom is -0.478 e. The normalized spacial score (nSPS) is 13.1. The lowest BCUT2D eigenvalue weighted by atomic mass is 10.00. The highest BCUT2D eigenvalue weighted by atomic mass is 16.4. The van der Waals surface area contributed by atoms with E-state index in [0.29, 0.717) is 6.54 Å². The Labute approximate surface area is 164 Å². The summed E-state index contributed by atoms with van der Waals surface area (Å²) < 4.78 is 0. The Morgan fingerprint density at radius 2 is 1.68 bits per heavy atom. The minimum atomic E-state index is -0.919. The van der Waals surface area contributed by atoms with Gasteiger partial charge in [-0.25, -0.2) is 4.79 Å². The van der Waals surface area contributed by atoms with E-state index in [0.717, 1.165) is 23.1 Å². The van der Waals surface area contributed by atoms with Gasteiger partial charge in [0.2, 0.25) is 0 Å². The number of aliphatic hydroxyl groups is 1. The summed E-state index contributed by atoms with van der Waals surface area (Å²) in [5.41, 5.74) is 4.33. The van der Waals surface area contributed by atoms with E-state index in [2.05, 4.69) is 29.4 Å². The number of pyridine rings is 1. The fraction of sp³-hybridized carbons (Fsp3) is 0.217. The maximum absolute atomic E-state index is 10.9. The van der Waals surface area contributed by atoms with E-state index >= 15 is 0 Å². The molecule has 3 N–H and O–H groups in total. The van der Waals surface area contributed by atoms with Crippen LogP contribution in [0.25, 0.3) is 11.1 Å². The number of aromatic nitrogens is 1. The van der Waals surface area contributed by atoms with Crippen LogP contribution in [0.15, 0.2) is 73.1 Å². The molecule has 0 aliphatic carbocycles. The van der Waals surface area contributed by atoms with Gasteiger partial charge in [0.25, 0.3) is 0 Å². The second-order valence-electron chi connectivity index (χ2n) is 6.90. The molecule has 2 aromatic carbocycles. The van der Waals surface area contributed by atoms with Crippen LogP contribution in [0.4, 0.5) is 0 Å². The number of aliphatic hydroxyl groups excluding tert-OH is 1. The number of nitrogens with one attached hydrogen (secondary N) is 1. The molecule has 0 aliphatic heterocycles. The highest BCUT2D eigenvalue weighted by Gasteiger charge is 2.10. The van der Waals surface area contributed by atoms with E-state index in [9.17, 15) is 9.90 Å². The molecule has 0 bridgehead atoms. The summed E-state index contributed by atoms with van der Waals surface area (Å²) in [7, 11) is 0. The molecule has 3 aromatic rings. The van der Waals surface area contributed by atoms with E-state index in [1.165, 1.54) is 5.56 Å². The highest BCUT2D eigenvalue weighted by Crippen LogP contribution is 2.21. The lowest BCUT2D eigenvalue weighted by Gasteiger charge is -2.17. The quantitative estimate of drug-likeness (QED) is 0.558. The van der Waals surface area contributed by atoms with Crippen LogP contribution in [-0.4, -0.2) is 33.8 Å². The first-order valence-electron chi connectivity index (χ1n) is 9.27. The van der Waals surface area contributed by atoms with Gasteiger partial charge in [0, 0.05) is 30.5 Å². The summed E-state index contributed by atoms with van der Waals surface area (Å²) in [5, 5.41) is 22.6. The Hall–Kier alpha value is -3.02. The molecule has 0 spiro atoms. The number of hydrogen-bond donors (Lipinski definition) is 3. The SMILES string of the molecule is C[C@H](Cc1ccc(-c2ccc(C(=O)O)cc2)cc1)NC[C@@H](O)c1cccnc1. The number of rotatable bonds is 8. The number of carboxylic acid groups (broad SMARTS) is 1. The molecule has 1 heterocycles. The molecule has 28 heavy (non-hydrogen) atoms. The standard InChI is InChI=1S/C23H24N2O3/c1-16(25-15-22(26)21-3-2-12-24-14-21)13-17-4-6-18(7-5-17)19-8-10-20(11-9-19)23(27)28/h2-12,14,16,22,25-26H,13,15H2,1H3,(H,27,28)/t16-,22-/m1/s1. The van der Waals surface area contributed by atoms with Crippen molar-refractivity contribution < 1.29 is 15.0 Å². The van der Waals surface area contributed by atoms with Crippen LogP contribution in [0, 0.1) is 0 Å². The summed E-state index contributed by atoms with van der Waals surface area (Å²) in [5.74, 6) is -0.919. The number of hydrogen-bond acceptors (Lipinski definition) is 4. The first kappa shape index (κ1) is 19.7. The predicted molar refractivity (Wildman–Crippen MR) is 109 cm³/mol. The van der Waals surface area contributed by atoms with Crippen LogP contribution >= 0.6 is 0 Å². The summed E-state index contributed by atoms with van der Waals surface area (Å²) in [6.45, 7) is 2.56. The van der Waals surface area contributed by atoms with Gasteiger partial charge in [0.1, 0.15) is 0 Å². The Kier molecular flexibility index (Phi) is 6.53. The van der Waals surface area contributed by atoms with Gasteiger partial charge in [0.15, 0.2) is 0 Å². The number of aromatic carboxylic acids is 1. The Morgan fingerprint density at radius 1 is 1.04 bits per heavy atom. The third kappa shape index (κ3) is 5.25. The van der Waals surface area contributed by atoms with Crippen LogP contribution in [0.1, 0.15) is 34.5 Å². The lowest BCUT2D eigenvalue weighted by Crippen LogP contribution is -2.32. The summed E-state index contributed by atoms with van der Waals surface area (Å²) in [6, 6.07) is 19.0.